The predicted molar refractivity (Wildman–Crippen MR) is 63.9 cm³/mol. The highest BCUT2D eigenvalue weighted by Crippen LogP contribution is 2.47. The summed E-state index contributed by atoms with van der Waals surface area (Å²) in [4.78, 5) is 15.5. The van der Waals surface area contributed by atoms with E-state index in [1.54, 1.807) is 0 Å². The Kier molecular flexibility index (Phi) is 2.18. The summed E-state index contributed by atoms with van der Waals surface area (Å²) in [7, 11) is 0. The van der Waals surface area contributed by atoms with E-state index in [2.05, 4.69) is 16.5 Å². The zero-order valence-corrected chi connectivity index (χ0v) is 9.63. The fraction of sp³-hybridized carbons (Fsp3) is 0.385. The van der Waals surface area contributed by atoms with Gasteiger partial charge in [0.25, 0.3) is 0 Å². The molecule has 1 fully saturated rings. The molecular weight excluding hydrogens is 216 g/mol. The summed E-state index contributed by atoms with van der Waals surface area (Å²) in [5.41, 5.74) is 2.06. The Morgan fingerprint density at radius 3 is 2.94 bits per heavy atom. The lowest BCUT2D eigenvalue weighted by molar-refractivity contribution is -0.138. The Bertz CT molecular complexity index is 588. The maximum atomic E-state index is 10.9. The number of carbonyl (C=O) groups is 1. The first kappa shape index (κ1) is 10.3. The first-order chi connectivity index (χ1) is 8.22. The maximum absolute atomic E-state index is 10.9. The molecule has 0 spiro atoms. The molecular formula is C13H14N2O2. The minimum absolute atomic E-state index is 0.0971. The molecule has 3 rings (SSSR count). The van der Waals surface area contributed by atoms with Crippen molar-refractivity contribution in [2.45, 2.75) is 25.8 Å². The van der Waals surface area contributed by atoms with Crippen LogP contribution in [0.25, 0.3) is 11.0 Å². The first-order valence-electron chi connectivity index (χ1n) is 5.90. The second-order valence-electron chi connectivity index (χ2n) is 4.49. The van der Waals surface area contributed by atoms with E-state index in [0.717, 1.165) is 29.8 Å². The van der Waals surface area contributed by atoms with Crippen LogP contribution in [0.3, 0.4) is 0 Å². The predicted octanol–water partition coefficient (Wildman–Crippen LogP) is 2.24. The summed E-state index contributed by atoms with van der Waals surface area (Å²) in [5.74, 6) is 0.0859. The van der Waals surface area contributed by atoms with Gasteiger partial charge in [-0.3, -0.25) is 4.79 Å². The zero-order chi connectivity index (χ0) is 12.0. The van der Waals surface area contributed by atoms with Gasteiger partial charge in [-0.05, 0) is 25.5 Å². The summed E-state index contributed by atoms with van der Waals surface area (Å²) in [6.07, 6.45) is 0.721. The molecule has 0 bridgehead atoms. The molecule has 1 aliphatic carbocycles. The van der Waals surface area contributed by atoms with Gasteiger partial charge in [0.05, 0.1) is 17.0 Å². The Morgan fingerprint density at radius 1 is 1.53 bits per heavy atom. The molecule has 4 heteroatoms. The minimum atomic E-state index is -0.704. The highest BCUT2D eigenvalue weighted by Gasteiger charge is 2.47. The highest BCUT2D eigenvalue weighted by molar-refractivity contribution is 5.78. The van der Waals surface area contributed by atoms with Gasteiger partial charge in [0.1, 0.15) is 5.82 Å². The Labute approximate surface area is 98.9 Å². The van der Waals surface area contributed by atoms with Gasteiger partial charge in [0.2, 0.25) is 0 Å². The van der Waals surface area contributed by atoms with Crippen LogP contribution in [-0.4, -0.2) is 20.6 Å². The van der Waals surface area contributed by atoms with Gasteiger partial charge < -0.3 is 9.67 Å². The molecule has 1 heterocycles. The average Bonchev–Trinajstić information content (AvgIpc) is 3.04. The first-order valence-corrected chi connectivity index (χ1v) is 5.90. The summed E-state index contributed by atoms with van der Waals surface area (Å²) >= 11 is 0. The van der Waals surface area contributed by atoms with E-state index in [-0.39, 0.29) is 11.8 Å². The fourth-order valence-electron chi connectivity index (χ4n) is 2.46. The molecule has 1 saturated carbocycles. The monoisotopic (exact) mass is 230 g/mol. The summed E-state index contributed by atoms with van der Waals surface area (Å²) in [6, 6.07) is 7.96. The minimum Gasteiger partial charge on any atom is -0.481 e. The molecule has 0 aliphatic heterocycles. The molecule has 0 unspecified atom stereocenters. The van der Waals surface area contributed by atoms with Crippen LogP contribution in [0.5, 0.6) is 0 Å². The van der Waals surface area contributed by atoms with E-state index >= 15 is 0 Å². The topological polar surface area (TPSA) is 55.1 Å². The van der Waals surface area contributed by atoms with Gasteiger partial charge in [0, 0.05) is 12.5 Å². The van der Waals surface area contributed by atoms with Gasteiger partial charge in [-0.25, -0.2) is 4.98 Å². The number of benzene rings is 1. The lowest BCUT2D eigenvalue weighted by atomic mass is 10.3. The summed E-state index contributed by atoms with van der Waals surface area (Å²) in [5, 5.41) is 8.99. The van der Waals surface area contributed by atoms with Gasteiger partial charge in [-0.2, -0.15) is 0 Å². The lowest BCUT2D eigenvalue weighted by Crippen LogP contribution is -2.04. The molecule has 17 heavy (non-hydrogen) atoms. The van der Waals surface area contributed by atoms with E-state index in [1.165, 1.54) is 0 Å². The molecule has 1 N–H and O–H groups in total. The fourth-order valence-corrected chi connectivity index (χ4v) is 2.46. The van der Waals surface area contributed by atoms with Crippen LogP contribution in [0.4, 0.5) is 0 Å². The standard InChI is InChI=1S/C13H14N2O2/c1-2-15-11-6-4-3-5-10(11)14-12(15)8-7-9(8)13(16)17/h3-6,8-9H,2,7H2,1H3,(H,16,17)/t8-,9-/m1/s1. The normalized spacial score (nSPS) is 22.9. The Hall–Kier alpha value is -1.84. The molecule has 2 atom stereocenters. The van der Waals surface area contributed by atoms with E-state index in [1.807, 2.05) is 24.3 Å². The number of para-hydroxylation sites is 2. The molecule has 1 aliphatic rings. The van der Waals surface area contributed by atoms with E-state index in [4.69, 9.17) is 5.11 Å². The average molecular weight is 230 g/mol. The molecule has 0 amide bonds. The van der Waals surface area contributed by atoms with Crippen LogP contribution in [-0.2, 0) is 11.3 Å². The highest BCUT2D eigenvalue weighted by atomic mass is 16.4. The number of hydrogen-bond donors (Lipinski definition) is 1. The zero-order valence-electron chi connectivity index (χ0n) is 9.63. The lowest BCUT2D eigenvalue weighted by Gasteiger charge is -2.04. The number of carboxylic acids is 1. The maximum Gasteiger partial charge on any atom is 0.307 e. The van der Waals surface area contributed by atoms with E-state index in [9.17, 15) is 4.79 Å². The van der Waals surface area contributed by atoms with Crippen molar-refractivity contribution in [2.75, 3.05) is 0 Å². The van der Waals surface area contributed by atoms with Gasteiger partial charge in [0.15, 0.2) is 0 Å². The molecule has 1 aromatic heterocycles. The molecule has 88 valence electrons. The molecule has 0 radical (unpaired) electrons. The molecule has 1 aromatic carbocycles. The van der Waals surface area contributed by atoms with Crippen LogP contribution < -0.4 is 0 Å². The van der Waals surface area contributed by atoms with Crippen molar-refractivity contribution in [2.24, 2.45) is 5.92 Å². The number of hydrogen-bond acceptors (Lipinski definition) is 2. The molecule has 0 saturated heterocycles. The molecule has 2 aromatic rings. The van der Waals surface area contributed by atoms with Crippen LogP contribution in [0.2, 0.25) is 0 Å². The number of imidazole rings is 1. The quantitative estimate of drug-likeness (QED) is 0.879. The van der Waals surface area contributed by atoms with Crippen molar-refractivity contribution in [3.8, 4) is 0 Å². The third-order valence-corrected chi connectivity index (χ3v) is 3.44. The van der Waals surface area contributed by atoms with Crippen LogP contribution in [0.1, 0.15) is 25.1 Å². The Morgan fingerprint density at radius 2 is 2.29 bits per heavy atom. The SMILES string of the molecule is CCn1c([C@@H]2C[C@H]2C(=O)O)nc2ccccc21. The number of aromatic nitrogens is 2. The third kappa shape index (κ3) is 1.52. The summed E-state index contributed by atoms with van der Waals surface area (Å²) in [6.45, 7) is 2.90. The van der Waals surface area contributed by atoms with Crippen molar-refractivity contribution in [1.82, 2.24) is 9.55 Å². The van der Waals surface area contributed by atoms with Gasteiger partial charge >= 0.3 is 5.97 Å². The number of aryl methyl sites for hydroxylation is 1. The van der Waals surface area contributed by atoms with Gasteiger partial charge in [-0.15, -0.1) is 0 Å². The van der Waals surface area contributed by atoms with Crippen LogP contribution in [0.15, 0.2) is 24.3 Å². The van der Waals surface area contributed by atoms with Crippen molar-refractivity contribution in [3.63, 3.8) is 0 Å². The number of rotatable bonds is 3. The number of carboxylic acid groups (broad SMARTS) is 1. The second kappa shape index (κ2) is 3.58. The number of nitrogens with zero attached hydrogens (tertiary/aromatic N) is 2. The van der Waals surface area contributed by atoms with Crippen LogP contribution in [0, 0.1) is 5.92 Å². The largest absolute Gasteiger partial charge is 0.481 e. The summed E-state index contributed by atoms with van der Waals surface area (Å²) < 4.78 is 2.13. The Balaban J connectivity index is 2.08. The van der Waals surface area contributed by atoms with Crippen LogP contribution >= 0.6 is 0 Å². The second-order valence-corrected chi connectivity index (χ2v) is 4.49. The van der Waals surface area contributed by atoms with E-state index in [0.29, 0.717) is 0 Å². The van der Waals surface area contributed by atoms with E-state index < -0.39 is 5.97 Å². The van der Waals surface area contributed by atoms with Crippen molar-refractivity contribution >= 4 is 17.0 Å². The van der Waals surface area contributed by atoms with Crippen molar-refractivity contribution < 1.29 is 9.90 Å². The number of aliphatic carboxylic acids is 1. The third-order valence-electron chi connectivity index (χ3n) is 3.44. The van der Waals surface area contributed by atoms with Crippen molar-refractivity contribution in [1.29, 1.82) is 0 Å². The van der Waals surface area contributed by atoms with Gasteiger partial charge in [-0.1, -0.05) is 12.1 Å². The molecule has 4 nitrogen and oxygen atoms in total. The number of fused-ring (bicyclic) bond motifs is 1. The van der Waals surface area contributed by atoms with Crippen molar-refractivity contribution in [3.05, 3.63) is 30.1 Å². The smallest absolute Gasteiger partial charge is 0.307 e.